The Labute approximate surface area is 120 Å². The molecule has 0 aliphatic carbocycles. The number of para-hydroxylation sites is 1. The molecule has 1 amide bonds. The van der Waals surface area contributed by atoms with Gasteiger partial charge in [0.1, 0.15) is 0 Å². The minimum Gasteiger partial charge on any atom is -0.396 e. The van der Waals surface area contributed by atoms with Gasteiger partial charge in [0.2, 0.25) is 0 Å². The molecule has 0 aromatic heterocycles. The fraction of sp³-hybridized carbons (Fsp3) is 0.462. The van der Waals surface area contributed by atoms with Crippen molar-refractivity contribution in [2.24, 2.45) is 5.73 Å². The minimum absolute atomic E-state index is 0.227. The molecular formula is C13H17F3N4O. The van der Waals surface area contributed by atoms with E-state index in [1.54, 1.807) is 12.1 Å². The number of piperazine rings is 1. The molecule has 8 heteroatoms. The Bertz CT molecular complexity index is 525. The Morgan fingerprint density at radius 1 is 1.19 bits per heavy atom. The number of carbonyl (C=O) groups is 1. The molecule has 116 valence electrons. The van der Waals surface area contributed by atoms with Crippen molar-refractivity contribution in [3.8, 4) is 0 Å². The first kappa shape index (κ1) is 15.4. The molecule has 4 N–H and O–H groups in total. The maximum Gasteiger partial charge on any atom is 0.401 e. The van der Waals surface area contributed by atoms with E-state index in [0.29, 0.717) is 31.9 Å². The van der Waals surface area contributed by atoms with Crippen LogP contribution in [0.4, 0.5) is 24.5 Å². The van der Waals surface area contributed by atoms with Gasteiger partial charge in [-0.05, 0) is 12.1 Å². The van der Waals surface area contributed by atoms with E-state index in [4.69, 9.17) is 11.5 Å². The molecule has 0 spiro atoms. The summed E-state index contributed by atoms with van der Waals surface area (Å²) in [4.78, 5) is 14.5. The van der Waals surface area contributed by atoms with Crippen LogP contribution in [-0.2, 0) is 0 Å². The summed E-state index contributed by atoms with van der Waals surface area (Å²) in [6.07, 6.45) is -4.19. The summed E-state index contributed by atoms with van der Waals surface area (Å²) in [7, 11) is 0. The molecule has 1 aliphatic heterocycles. The van der Waals surface area contributed by atoms with Crippen LogP contribution in [0.1, 0.15) is 10.4 Å². The number of rotatable bonds is 3. The SMILES string of the molecule is NC(=O)c1cccc(N2CCN(CC(F)(F)F)CC2)c1N. The van der Waals surface area contributed by atoms with E-state index in [0.717, 1.165) is 0 Å². The van der Waals surface area contributed by atoms with Gasteiger partial charge in [-0.1, -0.05) is 6.07 Å². The number of hydrogen-bond donors (Lipinski definition) is 2. The second-order valence-electron chi connectivity index (χ2n) is 4.98. The van der Waals surface area contributed by atoms with Gasteiger partial charge in [-0.25, -0.2) is 0 Å². The Balaban J connectivity index is 2.06. The molecule has 1 aromatic carbocycles. The van der Waals surface area contributed by atoms with Crippen LogP contribution < -0.4 is 16.4 Å². The lowest BCUT2D eigenvalue weighted by Crippen LogP contribution is -2.49. The standard InChI is InChI=1S/C13H17F3N4O/c14-13(15,16)8-19-4-6-20(7-5-19)10-3-1-2-9(11(10)17)12(18)21/h1-3H,4-8,17H2,(H2,18,21). The highest BCUT2D eigenvalue weighted by Gasteiger charge is 2.32. The normalized spacial score (nSPS) is 17.0. The van der Waals surface area contributed by atoms with Gasteiger partial charge in [-0.3, -0.25) is 9.69 Å². The Morgan fingerprint density at radius 3 is 2.33 bits per heavy atom. The van der Waals surface area contributed by atoms with Crippen LogP contribution >= 0.6 is 0 Å². The summed E-state index contributed by atoms with van der Waals surface area (Å²) in [5.74, 6) is -0.620. The fourth-order valence-corrected chi connectivity index (χ4v) is 2.44. The molecule has 1 heterocycles. The lowest BCUT2D eigenvalue weighted by atomic mass is 10.1. The first-order valence-corrected chi connectivity index (χ1v) is 6.50. The van der Waals surface area contributed by atoms with E-state index in [1.807, 2.05) is 4.90 Å². The number of amides is 1. The average molecular weight is 302 g/mol. The van der Waals surface area contributed by atoms with E-state index < -0.39 is 18.6 Å². The van der Waals surface area contributed by atoms with Crippen LogP contribution in [0.3, 0.4) is 0 Å². The molecule has 1 fully saturated rings. The third kappa shape index (κ3) is 3.78. The van der Waals surface area contributed by atoms with Crippen molar-refractivity contribution in [2.45, 2.75) is 6.18 Å². The number of hydrogen-bond acceptors (Lipinski definition) is 4. The lowest BCUT2D eigenvalue weighted by Gasteiger charge is -2.37. The number of halogens is 3. The largest absolute Gasteiger partial charge is 0.401 e. The van der Waals surface area contributed by atoms with Crippen LogP contribution in [-0.4, -0.2) is 49.7 Å². The number of nitrogens with zero attached hydrogens (tertiary/aromatic N) is 2. The zero-order chi connectivity index (χ0) is 15.6. The van der Waals surface area contributed by atoms with Gasteiger partial charge in [-0.15, -0.1) is 0 Å². The number of anilines is 2. The summed E-state index contributed by atoms with van der Waals surface area (Å²) in [6.45, 7) is 0.516. The number of nitrogen functional groups attached to an aromatic ring is 1. The van der Waals surface area contributed by atoms with Gasteiger partial charge in [0.25, 0.3) is 5.91 Å². The maximum absolute atomic E-state index is 12.3. The van der Waals surface area contributed by atoms with E-state index in [2.05, 4.69) is 0 Å². The fourth-order valence-electron chi connectivity index (χ4n) is 2.44. The first-order valence-electron chi connectivity index (χ1n) is 6.50. The van der Waals surface area contributed by atoms with Crippen LogP contribution in [0.25, 0.3) is 0 Å². The molecule has 0 radical (unpaired) electrons. The smallest absolute Gasteiger partial charge is 0.396 e. The Morgan fingerprint density at radius 2 is 1.81 bits per heavy atom. The van der Waals surface area contributed by atoms with Crippen molar-refractivity contribution in [3.63, 3.8) is 0 Å². The third-order valence-electron chi connectivity index (χ3n) is 3.46. The van der Waals surface area contributed by atoms with Gasteiger partial charge >= 0.3 is 6.18 Å². The Hall–Kier alpha value is -1.96. The summed E-state index contributed by atoms with van der Waals surface area (Å²) in [5.41, 5.74) is 12.3. The highest BCUT2D eigenvalue weighted by Crippen LogP contribution is 2.28. The molecular weight excluding hydrogens is 285 g/mol. The molecule has 0 unspecified atom stereocenters. The maximum atomic E-state index is 12.3. The van der Waals surface area contributed by atoms with Gasteiger partial charge in [0.15, 0.2) is 0 Å². The Kier molecular flexibility index (Phi) is 4.26. The first-order chi connectivity index (χ1) is 9.78. The number of primary amides is 1. The van der Waals surface area contributed by atoms with Crippen LogP contribution in [0.5, 0.6) is 0 Å². The predicted molar refractivity (Wildman–Crippen MR) is 74.1 cm³/mol. The van der Waals surface area contributed by atoms with E-state index in [1.165, 1.54) is 11.0 Å². The van der Waals surface area contributed by atoms with E-state index >= 15 is 0 Å². The second-order valence-corrected chi connectivity index (χ2v) is 4.98. The van der Waals surface area contributed by atoms with Crippen molar-refractivity contribution >= 4 is 17.3 Å². The van der Waals surface area contributed by atoms with Crippen molar-refractivity contribution < 1.29 is 18.0 Å². The van der Waals surface area contributed by atoms with Crippen LogP contribution in [0.2, 0.25) is 0 Å². The monoisotopic (exact) mass is 302 g/mol. The molecule has 1 saturated heterocycles. The second kappa shape index (κ2) is 5.80. The number of carbonyl (C=O) groups excluding carboxylic acids is 1. The molecule has 0 saturated carbocycles. The number of benzene rings is 1. The molecule has 0 atom stereocenters. The third-order valence-corrected chi connectivity index (χ3v) is 3.46. The summed E-state index contributed by atoms with van der Waals surface area (Å²) < 4.78 is 37.0. The summed E-state index contributed by atoms with van der Waals surface area (Å²) in [6, 6.07) is 4.93. The molecule has 21 heavy (non-hydrogen) atoms. The lowest BCUT2D eigenvalue weighted by molar-refractivity contribution is -0.146. The van der Waals surface area contributed by atoms with E-state index in [9.17, 15) is 18.0 Å². The summed E-state index contributed by atoms with van der Waals surface area (Å²) >= 11 is 0. The average Bonchev–Trinajstić information content (AvgIpc) is 2.38. The van der Waals surface area contributed by atoms with Gasteiger partial charge in [-0.2, -0.15) is 13.2 Å². The topological polar surface area (TPSA) is 75.6 Å². The van der Waals surface area contributed by atoms with Crippen molar-refractivity contribution in [3.05, 3.63) is 23.8 Å². The van der Waals surface area contributed by atoms with E-state index in [-0.39, 0.29) is 11.3 Å². The van der Waals surface area contributed by atoms with Crippen molar-refractivity contribution in [1.29, 1.82) is 0 Å². The number of nitrogens with two attached hydrogens (primary N) is 2. The number of alkyl halides is 3. The zero-order valence-corrected chi connectivity index (χ0v) is 11.4. The molecule has 5 nitrogen and oxygen atoms in total. The molecule has 1 aliphatic rings. The molecule has 1 aromatic rings. The van der Waals surface area contributed by atoms with Crippen molar-refractivity contribution in [1.82, 2.24) is 4.90 Å². The van der Waals surface area contributed by atoms with Crippen LogP contribution in [0, 0.1) is 0 Å². The zero-order valence-electron chi connectivity index (χ0n) is 11.4. The minimum atomic E-state index is -4.19. The van der Waals surface area contributed by atoms with Crippen LogP contribution in [0.15, 0.2) is 18.2 Å². The predicted octanol–water partition coefficient (Wildman–Crippen LogP) is 1.05. The van der Waals surface area contributed by atoms with Gasteiger partial charge in [0.05, 0.1) is 23.5 Å². The highest BCUT2D eigenvalue weighted by molar-refractivity contribution is 6.00. The highest BCUT2D eigenvalue weighted by atomic mass is 19.4. The molecule has 0 bridgehead atoms. The molecule has 2 rings (SSSR count). The quantitative estimate of drug-likeness (QED) is 0.819. The van der Waals surface area contributed by atoms with Gasteiger partial charge in [0, 0.05) is 26.2 Å². The summed E-state index contributed by atoms with van der Waals surface area (Å²) in [5, 5.41) is 0. The van der Waals surface area contributed by atoms with Gasteiger partial charge < -0.3 is 16.4 Å². The van der Waals surface area contributed by atoms with Crippen molar-refractivity contribution in [2.75, 3.05) is 43.4 Å².